The Morgan fingerprint density at radius 1 is 1.35 bits per heavy atom. The number of likely N-dealkylation sites (tertiary alicyclic amines) is 1. The number of nitrogens with zero attached hydrogens (tertiary/aromatic N) is 4. The third kappa shape index (κ3) is 3.77. The van der Waals surface area contributed by atoms with Gasteiger partial charge in [-0.25, -0.2) is 22.4 Å². The van der Waals surface area contributed by atoms with Gasteiger partial charge in [0.15, 0.2) is 5.65 Å². The normalized spacial score (nSPS) is 28.0. The largest absolute Gasteiger partial charge is 0.381 e. The molecule has 180 valence electrons. The molecule has 34 heavy (non-hydrogen) atoms. The number of fused-ring (bicyclic) bond motifs is 1. The highest BCUT2D eigenvalue weighted by Gasteiger charge is 2.46. The van der Waals surface area contributed by atoms with E-state index in [0.29, 0.717) is 34.0 Å². The molecule has 0 saturated carbocycles. The number of aliphatic hydroxyl groups is 1. The van der Waals surface area contributed by atoms with Crippen LogP contribution in [-0.4, -0.2) is 60.7 Å². The minimum absolute atomic E-state index is 0.294. The zero-order valence-corrected chi connectivity index (χ0v) is 23.2. The molecule has 4 heterocycles. The molecule has 1 aliphatic carbocycles. The van der Waals surface area contributed by atoms with Gasteiger partial charge in [0.05, 0.1) is 8.80 Å². The van der Waals surface area contributed by atoms with Crippen molar-refractivity contribution in [3.05, 3.63) is 59.0 Å². The standard InChI is InChI=1S/C23H24ClIN4O3S2/c1-3-28-11-8-23(30,14-28)21-27-13-18(33-21)16-6-9-26-20-17(16)7-10-29(20)34(31,32)22(2)12-15(24)4-5-19(22)25/h4-7,9-10,12-13,19,30H,3,8,11,14H2,1-2H3. The fourth-order valence-electron chi connectivity index (χ4n) is 4.55. The summed E-state index contributed by atoms with van der Waals surface area (Å²) in [5.41, 5.74) is 0.239. The molecule has 3 aromatic heterocycles. The minimum Gasteiger partial charge on any atom is -0.381 e. The molecule has 1 aliphatic heterocycles. The fourth-order valence-corrected chi connectivity index (χ4v) is 8.99. The van der Waals surface area contributed by atoms with Crippen molar-refractivity contribution in [3.8, 4) is 10.4 Å². The van der Waals surface area contributed by atoms with Gasteiger partial charge in [-0.15, -0.1) is 11.3 Å². The number of thiazole rings is 1. The first kappa shape index (κ1) is 24.4. The highest BCUT2D eigenvalue weighted by molar-refractivity contribution is 14.1. The topological polar surface area (TPSA) is 88.3 Å². The number of allylic oxidation sites excluding steroid dienone is 3. The van der Waals surface area contributed by atoms with Crippen molar-refractivity contribution in [1.29, 1.82) is 0 Å². The molecule has 1 fully saturated rings. The van der Waals surface area contributed by atoms with Crippen LogP contribution in [-0.2, 0) is 15.6 Å². The quantitative estimate of drug-likeness (QED) is 0.330. The van der Waals surface area contributed by atoms with Gasteiger partial charge < -0.3 is 10.0 Å². The number of pyridine rings is 1. The molecule has 0 amide bonds. The Morgan fingerprint density at radius 3 is 2.88 bits per heavy atom. The van der Waals surface area contributed by atoms with Crippen LogP contribution >= 0.6 is 45.5 Å². The van der Waals surface area contributed by atoms with Crippen molar-refractivity contribution < 1.29 is 13.5 Å². The molecule has 3 aromatic rings. The number of hydrogen-bond acceptors (Lipinski definition) is 7. The second kappa shape index (κ2) is 8.67. The van der Waals surface area contributed by atoms with E-state index in [9.17, 15) is 13.5 Å². The molecular weight excluding hydrogens is 607 g/mol. The Kier molecular flexibility index (Phi) is 6.22. The first-order chi connectivity index (χ1) is 16.1. The predicted molar refractivity (Wildman–Crippen MR) is 145 cm³/mol. The van der Waals surface area contributed by atoms with Gasteiger partial charge in [0, 0.05) is 47.7 Å². The number of rotatable bonds is 5. The molecule has 0 radical (unpaired) electrons. The molecule has 11 heteroatoms. The van der Waals surface area contributed by atoms with Crippen molar-refractivity contribution in [1.82, 2.24) is 18.8 Å². The van der Waals surface area contributed by atoms with Gasteiger partial charge >= 0.3 is 0 Å². The fraction of sp³-hybridized carbons (Fsp3) is 0.391. The number of likely N-dealkylation sites (N-methyl/N-ethyl adjacent to an activating group) is 1. The van der Waals surface area contributed by atoms with Gasteiger partial charge in [-0.05, 0) is 44.2 Å². The summed E-state index contributed by atoms with van der Waals surface area (Å²) >= 11 is 9.76. The van der Waals surface area contributed by atoms with E-state index in [0.717, 1.165) is 23.5 Å². The monoisotopic (exact) mass is 630 g/mol. The Labute approximate surface area is 221 Å². The molecule has 0 bridgehead atoms. The summed E-state index contributed by atoms with van der Waals surface area (Å²) in [6, 6.07) is 3.63. The molecule has 1 N–H and O–H groups in total. The highest BCUT2D eigenvalue weighted by Crippen LogP contribution is 2.41. The van der Waals surface area contributed by atoms with Gasteiger partial charge in [0.1, 0.15) is 15.4 Å². The second-order valence-corrected chi connectivity index (χ2v) is 13.9. The average molecular weight is 631 g/mol. The predicted octanol–water partition coefficient (Wildman–Crippen LogP) is 4.51. The van der Waals surface area contributed by atoms with Gasteiger partial charge in [0.25, 0.3) is 10.0 Å². The lowest BCUT2D eigenvalue weighted by molar-refractivity contribution is 0.0465. The summed E-state index contributed by atoms with van der Waals surface area (Å²) in [7, 11) is -3.88. The maximum absolute atomic E-state index is 13.8. The van der Waals surface area contributed by atoms with Crippen molar-refractivity contribution in [2.75, 3.05) is 19.6 Å². The van der Waals surface area contributed by atoms with Crippen molar-refractivity contribution >= 4 is 66.6 Å². The van der Waals surface area contributed by atoms with Crippen molar-refractivity contribution in [2.24, 2.45) is 0 Å². The van der Waals surface area contributed by atoms with E-state index < -0.39 is 20.4 Å². The molecule has 7 nitrogen and oxygen atoms in total. The second-order valence-electron chi connectivity index (χ2n) is 8.87. The van der Waals surface area contributed by atoms with Crippen LogP contribution < -0.4 is 0 Å². The smallest absolute Gasteiger partial charge is 0.250 e. The SMILES string of the molecule is CCN1CCC(O)(c2ncc(-c3ccnc4c3ccn4S(=O)(=O)C3(C)C=C(Cl)C=CC3I)s2)C1. The highest BCUT2D eigenvalue weighted by atomic mass is 127. The molecular formula is C23H24ClIN4O3S2. The zero-order valence-electron chi connectivity index (χ0n) is 18.6. The van der Waals surface area contributed by atoms with Crippen LogP contribution in [0.25, 0.3) is 21.5 Å². The molecule has 0 spiro atoms. The molecule has 5 rings (SSSR count). The van der Waals surface area contributed by atoms with Gasteiger partial charge in [-0.2, -0.15) is 0 Å². The lowest BCUT2D eigenvalue weighted by atomic mass is 10.0. The van der Waals surface area contributed by atoms with E-state index in [1.54, 1.807) is 49.8 Å². The van der Waals surface area contributed by atoms with Crippen molar-refractivity contribution in [3.63, 3.8) is 0 Å². The van der Waals surface area contributed by atoms with Crippen LogP contribution in [0.2, 0.25) is 0 Å². The Bertz CT molecular complexity index is 1430. The number of β-amino-alcohol motifs (C(OH)–C–C–N with tert-alkyl or cyclic N) is 1. The summed E-state index contributed by atoms with van der Waals surface area (Å²) in [5.74, 6) is 0. The van der Waals surface area contributed by atoms with Crippen LogP contribution in [0.5, 0.6) is 0 Å². The summed E-state index contributed by atoms with van der Waals surface area (Å²) < 4.78 is 27.3. The number of alkyl halides is 1. The minimum atomic E-state index is -3.88. The molecule has 3 atom stereocenters. The maximum atomic E-state index is 13.8. The maximum Gasteiger partial charge on any atom is 0.250 e. The Hall–Kier alpha value is -1.31. The summed E-state index contributed by atoms with van der Waals surface area (Å²) in [5, 5.41) is 12.9. The molecule has 1 saturated heterocycles. The molecule has 2 aliphatic rings. The Balaban J connectivity index is 1.56. The van der Waals surface area contributed by atoms with E-state index in [1.165, 1.54) is 15.3 Å². The average Bonchev–Trinajstić information content (AvgIpc) is 3.54. The van der Waals surface area contributed by atoms with E-state index in [1.807, 2.05) is 6.07 Å². The van der Waals surface area contributed by atoms with Crippen LogP contribution in [0.3, 0.4) is 0 Å². The Morgan fingerprint density at radius 2 is 2.15 bits per heavy atom. The van der Waals surface area contributed by atoms with Crippen LogP contribution in [0.4, 0.5) is 0 Å². The van der Waals surface area contributed by atoms with E-state index >= 15 is 0 Å². The van der Waals surface area contributed by atoms with Crippen LogP contribution in [0.15, 0.2) is 54.0 Å². The number of aromatic nitrogens is 3. The van der Waals surface area contributed by atoms with E-state index in [2.05, 4.69) is 44.4 Å². The van der Waals surface area contributed by atoms with Crippen molar-refractivity contribution in [2.45, 2.75) is 34.5 Å². The van der Waals surface area contributed by atoms with E-state index in [-0.39, 0.29) is 3.92 Å². The summed E-state index contributed by atoms with van der Waals surface area (Å²) in [6.07, 6.45) is 10.7. The summed E-state index contributed by atoms with van der Waals surface area (Å²) in [4.78, 5) is 12.0. The first-order valence-electron chi connectivity index (χ1n) is 10.9. The first-order valence-corrected chi connectivity index (χ1v) is 14.8. The van der Waals surface area contributed by atoms with Crippen LogP contribution in [0, 0.1) is 0 Å². The third-order valence-corrected chi connectivity index (χ3v) is 12.6. The summed E-state index contributed by atoms with van der Waals surface area (Å²) in [6.45, 7) is 6.06. The molecule has 0 aromatic carbocycles. The number of halogens is 2. The third-order valence-electron chi connectivity index (χ3n) is 6.71. The lowest BCUT2D eigenvalue weighted by Gasteiger charge is -2.32. The van der Waals surface area contributed by atoms with E-state index in [4.69, 9.17) is 11.6 Å². The molecule has 3 unspecified atom stereocenters. The lowest BCUT2D eigenvalue weighted by Crippen LogP contribution is -2.45. The van der Waals surface area contributed by atoms with Gasteiger partial charge in [-0.1, -0.05) is 47.2 Å². The zero-order chi connectivity index (χ0) is 24.3. The van der Waals surface area contributed by atoms with Crippen LogP contribution in [0.1, 0.15) is 25.3 Å². The van der Waals surface area contributed by atoms with Gasteiger partial charge in [0.2, 0.25) is 0 Å². The number of hydrogen-bond donors (Lipinski definition) is 1. The van der Waals surface area contributed by atoms with Gasteiger partial charge in [-0.3, -0.25) is 0 Å².